The molecule has 0 saturated heterocycles. The molecule has 0 fully saturated rings. The standard InChI is InChI=1S/C16H14N4O3S/c1-9-17-16(23-20-9)14-13(7-8-24-14)19-15(22)11-3-5-12(6-4-11)18-10(2)21/h3-8H,1-2H3,(H,18,21)(H,19,22). The summed E-state index contributed by atoms with van der Waals surface area (Å²) in [7, 11) is 0. The van der Waals surface area contributed by atoms with Gasteiger partial charge in [-0.1, -0.05) is 5.16 Å². The van der Waals surface area contributed by atoms with Gasteiger partial charge in [0.25, 0.3) is 11.8 Å². The van der Waals surface area contributed by atoms with Gasteiger partial charge in [0.2, 0.25) is 5.91 Å². The molecule has 3 rings (SSSR count). The number of hydrogen-bond acceptors (Lipinski definition) is 6. The van der Waals surface area contributed by atoms with Gasteiger partial charge in [0, 0.05) is 18.2 Å². The summed E-state index contributed by atoms with van der Waals surface area (Å²) in [6, 6.07) is 8.41. The number of carbonyl (C=O) groups is 2. The number of carbonyl (C=O) groups excluding carboxylic acids is 2. The van der Waals surface area contributed by atoms with Gasteiger partial charge in [-0.25, -0.2) is 0 Å². The molecule has 0 atom stereocenters. The first kappa shape index (κ1) is 15.9. The van der Waals surface area contributed by atoms with E-state index in [0.29, 0.717) is 33.5 Å². The lowest BCUT2D eigenvalue weighted by Gasteiger charge is -2.06. The van der Waals surface area contributed by atoms with E-state index in [1.165, 1.54) is 18.3 Å². The summed E-state index contributed by atoms with van der Waals surface area (Å²) in [6.07, 6.45) is 0. The minimum absolute atomic E-state index is 0.162. The van der Waals surface area contributed by atoms with E-state index >= 15 is 0 Å². The minimum Gasteiger partial charge on any atom is -0.333 e. The maximum absolute atomic E-state index is 12.4. The Balaban J connectivity index is 1.76. The number of benzene rings is 1. The molecule has 2 N–H and O–H groups in total. The molecule has 7 nitrogen and oxygen atoms in total. The first-order valence-corrected chi connectivity index (χ1v) is 7.98. The van der Waals surface area contributed by atoms with Crippen molar-refractivity contribution in [2.24, 2.45) is 0 Å². The molecule has 0 aliphatic heterocycles. The maximum Gasteiger partial charge on any atom is 0.270 e. The Morgan fingerprint density at radius 3 is 2.50 bits per heavy atom. The summed E-state index contributed by atoms with van der Waals surface area (Å²) in [6.45, 7) is 3.16. The highest BCUT2D eigenvalue weighted by Gasteiger charge is 2.16. The van der Waals surface area contributed by atoms with Crippen molar-refractivity contribution >= 4 is 34.5 Å². The van der Waals surface area contributed by atoms with E-state index < -0.39 is 0 Å². The number of thiophene rings is 1. The van der Waals surface area contributed by atoms with Gasteiger partial charge in [-0.2, -0.15) is 4.98 Å². The Hall–Kier alpha value is -3.00. The quantitative estimate of drug-likeness (QED) is 0.758. The Morgan fingerprint density at radius 1 is 1.12 bits per heavy atom. The number of nitrogens with zero attached hydrogens (tertiary/aromatic N) is 2. The SMILES string of the molecule is CC(=O)Nc1ccc(C(=O)Nc2ccsc2-c2nc(C)no2)cc1. The molecule has 1 aromatic carbocycles. The van der Waals surface area contributed by atoms with E-state index in [4.69, 9.17) is 4.52 Å². The minimum atomic E-state index is -0.264. The van der Waals surface area contributed by atoms with Crippen LogP contribution in [-0.2, 0) is 4.79 Å². The van der Waals surface area contributed by atoms with Crippen molar-refractivity contribution in [3.8, 4) is 10.8 Å². The summed E-state index contributed by atoms with van der Waals surface area (Å²) in [5, 5.41) is 11.1. The molecule has 0 aliphatic carbocycles. The van der Waals surface area contributed by atoms with Crippen molar-refractivity contribution in [2.75, 3.05) is 10.6 Å². The second-order valence-corrected chi connectivity index (χ2v) is 5.94. The third-order valence-corrected chi connectivity index (χ3v) is 4.01. The largest absolute Gasteiger partial charge is 0.333 e. The molecule has 2 heterocycles. The molecule has 8 heteroatoms. The smallest absolute Gasteiger partial charge is 0.270 e. The summed E-state index contributed by atoms with van der Waals surface area (Å²) >= 11 is 1.40. The second-order valence-electron chi connectivity index (χ2n) is 5.02. The third-order valence-electron chi connectivity index (χ3n) is 3.10. The molecule has 2 amide bonds. The Kier molecular flexibility index (Phi) is 4.39. The highest BCUT2D eigenvalue weighted by molar-refractivity contribution is 7.14. The number of hydrogen-bond donors (Lipinski definition) is 2. The van der Waals surface area contributed by atoms with E-state index in [9.17, 15) is 9.59 Å². The fourth-order valence-electron chi connectivity index (χ4n) is 2.07. The van der Waals surface area contributed by atoms with Crippen LogP contribution in [0.1, 0.15) is 23.1 Å². The zero-order chi connectivity index (χ0) is 17.1. The highest BCUT2D eigenvalue weighted by atomic mass is 32.1. The Morgan fingerprint density at radius 2 is 1.88 bits per heavy atom. The Bertz CT molecular complexity index is 883. The summed E-state index contributed by atoms with van der Waals surface area (Å²) in [5.74, 6) is 0.480. The molecular formula is C16H14N4O3S. The first-order valence-electron chi connectivity index (χ1n) is 7.10. The highest BCUT2D eigenvalue weighted by Crippen LogP contribution is 2.32. The first-order chi connectivity index (χ1) is 11.5. The van der Waals surface area contributed by atoms with Crippen LogP contribution in [0.15, 0.2) is 40.2 Å². The van der Waals surface area contributed by atoms with Crippen LogP contribution in [0.4, 0.5) is 11.4 Å². The average Bonchev–Trinajstić information content (AvgIpc) is 3.16. The molecular weight excluding hydrogens is 328 g/mol. The predicted molar refractivity (Wildman–Crippen MR) is 91.0 cm³/mol. The van der Waals surface area contributed by atoms with Crippen LogP contribution in [-0.4, -0.2) is 22.0 Å². The van der Waals surface area contributed by atoms with E-state index in [1.807, 2.05) is 5.38 Å². The number of amides is 2. The van der Waals surface area contributed by atoms with Crippen molar-refractivity contribution in [1.82, 2.24) is 10.1 Å². The van der Waals surface area contributed by atoms with Gasteiger partial charge in [-0.3, -0.25) is 9.59 Å². The Labute approximate surface area is 141 Å². The number of aryl methyl sites for hydroxylation is 1. The number of anilines is 2. The zero-order valence-electron chi connectivity index (χ0n) is 13.0. The van der Waals surface area contributed by atoms with Gasteiger partial charge in [-0.15, -0.1) is 11.3 Å². The van der Waals surface area contributed by atoms with Gasteiger partial charge < -0.3 is 15.2 Å². The summed E-state index contributed by atoms with van der Waals surface area (Å²) in [5.41, 5.74) is 1.72. The van der Waals surface area contributed by atoms with E-state index in [0.717, 1.165) is 0 Å². The molecule has 0 radical (unpaired) electrons. The predicted octanol–water partition coefficient (Wildman–Crippen LogP) is 3.32. The lowest BCUT2D eigenvalue weighted by Crippen LogP contribution is -2.12. The third kappa shape index (κ3) is 3.49. The maximum atomic E-state index is 12.4. The number of aromatic nitrogens is 2. The fraction of sp³-hybridized carbons (Fsp3) is 0.125. The van der Waals surface area contributed by atoms with Crippen molar-refractivity contribution in [1.29, 1.82) is 0 Å². The fourth-order valence-corrected chi connectivity index (χ4v) is 2.84. The van der Waals surface area contributed by atoms with Crippen molar-refractivity contribution in [3.05, 3.63) is 47.1 Å². The molecule has 24 heavy (non-hydrogen) atoms. The normalized spacial score (nSPS) is 10.4. The van der Waals surface area contributed by atoms with Crippen molar-refractivity contribution in [3.63, 3.8) is 0 Å². The van der Waals surface area contributed by atoms with Crippen LogP contribution in [0.2, 0.25) is 0 Å². The number of rotatable bonds is 4. The van der Waals surface area contributed by atoms with Crippen LogP contribution in [0.5, 0.6) is 0 Å². The lowest BCUT2D eigenvalue weighted by molar-refractivity contribution is -0.114. The van der Waals surface area contributed by atoms with Crippen LogP contribution >= 0.6 is 11.3 Å². The zero-order valence-corrected chi connectivity index (χ0v) is 13.8. The van der Waals surface area contributed by atoms with Crippen molar-refractivity contribution < 1.29 is 14.1 Å². The molecule has 2 aromatic heterocycles. The monoisotopic (exact) mass is 342 g/mol. The van der Waals surface area contributed by atoms with Crippen LogP contribution in [0.25, 0.3) is 10.8 Å². The summed E-state index contributed by atoms with van der Waals surface area (Å²) in [4.78, 5) is 28.3. The van der Waals surface area contributed by atoms with Gasteiger partial charge in [0.15, 0.2) is 5.82 Å². The van der Waals surface area contributed by atoms with Gasteiger partial charge in [0.1, 0.15) is 4.88 Å². The van der Waals surface area contributed by atoms with Gasteiger partial charge >= 0.3 is 0 Å². The van der Waals surface area contributed by atoms with E-state index in [-0.39, 0.29) is 11.8 Å². The van der Waals surface area contributed by atoms with Crippen LogP contribution in [0.3, 0.4) is 0 Å². The summed E-state index contributed by atoms with van der Waals surface area (Å²) < 4.78 is 5.15. The van der Waals surface area contributed by atoms with Crippen LogP contribution < -0.4 is 10.6 Å². The molecule has 0 unspecified atom stereocenters. The molecule has 0 saturated carbocycles. The van der Waals surface area contributed by atoms with Crippen LogP contribution in [0, 0.1) is 6.92 Å². The molecule has 3 aromatic rings. The van der Waals surface area contributed by atoms with Crippen molar-refractivity contribution in [2.45, 2.75) is 13.8 Å². The second kappa shape index (κ2) is 6.63. The molecule has 0 bridgehead atoms. The van der Waals surface area contributed by atoms with E-state index in [1.54, 1.807) is 37.3 Å². The van der Waals surface area contributed by atoms with E-state index in [2.05, 4.69) is 20.8 Å². The molecule has 122 valence electrons. The van der Waals surface area contributed by atoms with Gasteiger partial charge in [0.05, 0.1) is 5.69 Å². The topological polar surface area (TPSA) is 97.1 Å². The number of nitrogens with one attached hydrogen (secondary N) is 2. The molecule has 0 aliphatic rings. The molecule has 0 spiro atoms. The average molecular weight is 342 g/mol. The van der Waals surface area contributed by atoms with Gasteiger partial charge in [-0.05, 0) is 42.6 Å². The lowest BCUT2D eigenvalue weighted by atomic mass is 10.2.